The van der Waals surface area contributed by atoms with Crippen molar-refractivity contribution in [3.05, 3.63) is 0 Å². The van der Waals surface area contributed by atoms with Crippen molar-refractivity contribution in [3.63, 3.8) is 0 Å². The number of hydrogen-bond acceptors (Lipinski definition) is 2. The van der Waals surface area contributed by atoms with Gasteiger partial charge in [0.15, 0.2) is 0 Å². The van der Waals surface area contributed by atoms with Crippen LogP contribution in [0.4, 0.5) is 0 Å². The second kappa shape index (κ2) is 5.35. The maximum absolute atomic E-state index is 11.5. The number of hydrogen-bond donors (Lipinski definition) is 2. The van der Waals surface area contributed by atoms with Gasteiger partial charge in [0.1, 0.15) is 0 Å². The zero-order valence-electron chi connectivity index (χ0n) is 9.25. The average molecular weight is 198 g/mol. The van der Waals surface area contributed by atoms with E-state index in [0.29, 0.717) is 18.4 Å². The highest BCUT2D eigenvalue weighted by Crippen LogP contribution is 2.17. The first-order chi connectivity index (χ1) is 6.59. The van der Waals surface area contributed by atoms with Gasteiger partial charge < -0.3 is 11.1 Å². The summed E-state index contributed by atoms with van der Waals surface area (Å²) in [4.78, 5) is 11.5. The Balaban J connectivity index is 2.21. The molecule has 82 valence electrons. The van der Waals surface area contributed by atoms with E-state index in [2.05, 4.69) is 5.32 Å². The molecule has 0 aromatic carbocycles. The van der Waals surface area contributed by atoms with E-state index in [1.165, 1.54) is 12.8 Å². The summed E-state index contributed by atoms with van der Waals surface area (Å²) in [6, 6.07) is 0.415. The lowest BCUT2D eigenvalue weighted by molar-refractivity contribution is -0.122. The van der Waals surface area contributed by atoms with Crippen molar-refractivity contribution in [1.82, 2.24) is 5.32 Å². The van der Waals surface area contributed by atoms with E-state index in [1.807, 2.05) is 13.8 Å². The topological polar surface area (TPSA) is 55.1 Å². The number of carbonyl (C=O) groups excluding carboxylic acids is 1. The molecule has 1 aliphatic carbocycles. The first-order valence-corrected chi connectivity index (χ1v) is 5.64. The molecule has 0 radical (unpaired) electrons. The van der Waals surface area contributed by atoms with Gasteiger partial charge in [-0.1, -0.05) is 26.7 Å². The number of carbonyl (C=O) groups is 1. The van der Waals surface area contributed by atoms with E-state index < -0.39 is 0 Å². The van der Waals surface area contributed by atoms with Crippen molar-refractivity contribution in [2.24, 2.45) is 11.7 Å². The molecular weight excluding hydrogens is 176 g/mol. The van der Waals surface area contributed by atoms with Crippen LogP contribution in [0.15, 0.2) is 0 Å². The van der Waals surface area contributed by atoms with Crippen molar-refractivity contribution in [1.29, 1.82) is 0 Å². The lowest BCUT2D eigenvalue weighted by atomic mass is 10.0. The highest BCUT2D eigenvalue weighted by molar-refractivity contribution is 5.76. The smallest absolute Gasteiger partial charge is 0.221 e. The minimum atomic E-state index is -0.00333. The SMILES string of the molecule is CC(C)C(N)CC(=O)NC1CCCC1. The van der Waals surface area contributed by atoms with Gasteiger partial charge in [-0.05, 0) is 18.8 Å². The van der Waals surface area contributed by atoms with Crippen LogP contribution < -0.4 is 11.1 Å². The Morgan fingerprint density at radius 3 is 2.50 bits per heavy atom. The Bertz CT molecular complexity index is 180. The van der Waals surface area contributed by atoms with Gasteiger partial charge in [0.25, 0.3) is 0 Å². The van der Waals surface area contributed by atoms with Gasteiger partial charge in [-0.25, -0.2) is 0 Å². The van der Waals surface area contributed by atoms with Crippen LogP contribution in [-0.2, 0) is 4.79 Å². The van der Waals surface area contributed by atoms with E-state index >= 15 is 0 Å². The van der Waals surface area contributed by atoms with Crippen LogP contribution in [-0.4, -0.2) is 18.0 Å². The fraction of sp³-hybridized carbons (Fsp3) is 0.909. The van der Waals surface area contributed by atoms with Gasteiger partial charge in [0.05, 0.1) is 0 Å². The standard InChI is InChI=1S/C11H22N2O/c1-8(2)10(12)7-11(14)13-9-5-3-4-6-9/h8-10H,3-7,12H2,1-2H3,(H,13,14). The summed E-state index contributed by atoms with van der Waals surface area (Å²) in [5.41, 5.74) is 5.83. The molecule has 1 saturated carbocycles. The van der Waals surface area contributed by atoms with Gasteiger partial charge in [-0.2, -0.15) is 0 Å². The van der Waals surface area contributed by atoms with Gasteiger partial charge in [-0.15, -0.1) is 0 Å². The molecule has 0 bridgehead atoms. The van der Waals surface area contributed by atoms with Gasteiger partial charge in [-0.3, -0.25) is 4.79 Å². The molecule has 1 amide bonds. The maximum Gasteiger partial charge on any atom is 0.221 e. The summed E-state index contributed by atoms with van der Waals surface area (Å²) in [5.74, 6) is 0.502. The quantitative estimate of drug-likeness (QED) is 0.717. The lowest BCUT2D eigenvalue weighted by Crippen LogP contribution is -2.38. The van der Waals surface area contributed by atoms with E-state index in [9.17, 15) is 4.79 Å². The van der Waals surface area contributed by atoms with Crippen LogP contribution in [0.5, 0.6) is 0 Å². The molecule has 1 unspecified atom stereocenters. The Hall–Kier alpha value is -0.570. The number of amides is 1. The van der Waals surface area contributed by atoms with Crippen LogP contribution >= 0.6 is 0 Å². The molecule has 14 heavy (non-hydrogen) atoms. The van der Waals surface area contributed by atoms with Crippen LogP contribution in [0.2, 0.25) is 0 Å². The van der Waals surface area contributed by atoms with Crippen molar-refractivity contribution < 1.29 is 4.79 Å². The molecular formula is C11H22N2O. The maximum atomic E-state index is 11.5. The zero-order chi connectivity index (χ0) is 10.6. The summed E-state index contributed by atoms with van der Waals surface area (Å²) in [7, 11) is 0. The molecule has 0 aliphatic heterocycles. The predicted octanol–water partition coefficient (Wildman–Crippen LogP) is 1.42. The molecule has 1 rings (SSSR count). The summed E-state index contributed by atoms with van der Waals surface area (Å²) in [6.07, 6.45) is 5.25. The number of nitrogens with one attached hydrogen (secondary N) is 1. The third-order valence-corrected chi connectivity index (χ3v) is 3.00. The van der Waals surface area contributed by atoms with Crippen molar-refractivity contribution in [2.75, 3.05) is 0 Å². The van der Waals surface area contributed by atoms with Crippen LogP contribution in [0.1, 0.15) is 46.0 Å². The Kier molecular flexibility index (Phi) is 4.39. The van der Waals surface area contributed by atoms with Crippen LogP contribution in [0.25, 0.3) is 0 Å². The molecule has 3 N–H and O–H groups in total. The second-order valence-corrected chi connectivity index (χ2v) is 4.66. The Labute approximate surface area is 86.4 Å². The summed E-state index contributed by atoms with van der Waals surface area (Å²) in [6.45, 7) is 4.10. The first kappa shape index (κ1) is 11.5. The van der Waals surface area contributed by atoms with Gasteiger partial charge in [0, 0.05) is 18.5 Å². The van der Waals surface area contributed by atoms with Gasteiger partial charge in [0.2, 0.25) is 5.91 Å². The molecule has 1 atom stereocenters. The number of nitrogens with two attached hydrogens (primary N) is 1. The van der Waals surface area contributed by atoms with Gasteiger partial charge >= 0.3 is 0 Å². The third kappa shape index (κ3) is 3.66. The molecule has 0 aromatic rings. The predicted molar refractivity (Wildman–Crippen MR) is 57.8 cm³/mol. The summed E-state index contributed by atoms with van der Waals surface area (Å²) < 4.78 is 0. The second-order valence-electron chi connectivity index (χ2n) is 4.66. The molecule has 3 heteroatoms. The minimum absolute atomic E-state index is 0.00333. The fourth-order valence-corrected chi connectivity index (χ4v) is 1.81. The Morgan fingerprint density at radius 1 is 1.43 bits per heavy atom. The molecule has 0 aromatic heterocycles. The fourth-order valence-electron chi connectivity index (χ4n) is 1.81. The summed E-state index contributed by atoms with van der Waals surface area (Å²) in [5, 5.41) is 3.05. The third-order valence-electron chi connectivity index (χ3n) is 3.00. The molecule has 0 saturated heterocycles. The molecule has 3 nitrogen and oxygen atoms in total. The van der Waals surface area contributed by atoms with Crippen LogP contribution in [0, 0.1) is 5.92 Å². The van der Waals surface area contributed by atoms with Crippen molar-refractivity contribution in [2.45, 2.75) is 58.0 Å². The normalized spacial score (nSPS) is 20.0. The summed E-state index contributed by atoms with van der Waals surface area (Å²) >= 11 is 0. The molecule has 0 heterocycles. The average Bonchev–Trinajstić information content (AvgIpc) is 2.56. The monoisotopic (exact) mass is 198 g/mol. The molecule has 1 aliphatic rings. The Morgan fingerprint density at radius 2 is 2.00 bits per heavy atom. The molecule has 0 spiro atoms. The highest BCUT2D eigenvalue weighted by atomic mass is 16.1. The van der Waals surface area contributed by atoms with E-state index in [4.69, 9.17) is 5.73 Å². The lowest BCUT2D eigenvalue weighted by Gasteiger charge is -2.17. The van der Waals surface area contributed by atoms with E-state index in [0.717, 1.165) is 12.8 Å². The van der Waals surface area contributed by atoms with Crippen molar-refractivity contribution >= 4 is 5.91 Å². The van der Waals surface area contributed by atoms with Crippen LogP contribution in [0.3, 0.4) is 0 Å². The van der Waals surface area contributed by atoms with E-state index in [1.54, 1.807) is 0 Å². The zero-order valence-corrected chi connectivity index (χ0v) is 9.25. The van der Waals surface area contributed by atoms with Crippen molar-refractivity contribution in [3.8, 4) is 0 Å². The van der Waals surface area contributed by atoms with E-state index in [-0.39, 0.29) is 11.9 Å². The number of rotatable bonds is 4. The highest BCUT2D eigenvalue weighted by Gasteiger charge is 2.19. The largest absolute Gasteiger partial charge is 0.353 e. The minimum Gasteiger partial charge on any atom is -0.353 e. The molecule has 1 fully saturated rings. The first-order valence-electron chi connectivity index (χ1n) is 5.64.